The Bertz CT molecular complexity index is 473. The molecule has 1 aromatic carbocycles. The molecular formula is C14H19NO5. The summed E-state index contributed by atoms with van der Waals surface area (Å²) in [5.41, 5.74) is 0.119. The Balaban J connectivity index is 2.22. The molecule has 0 aromatic heterocycles. The number of phenols is 2. The first kappa shape index (κ1) is 15.8. The average Bonchev–Trinajstić information content (AvgIpc) is 2.37. The minimum absolute atomic E-state index is 0.0996. The minimum atomic E-state index is -0.791. The number of unbranched alkanes of at least 4 members (excludes halogenated alkanes) is 3. The molecule has 6 heteroatoms. The van der Waals surface area contributed by atoms with Gasteiger partial charge >= 0.3 is 5.97 Å². The van der Waals surface area contributed by atoms with E-state index in [0.717, 1.165) is 25.3 Å². The van der Waals surface area contributed by atoms with Crippen molar-refractivity contribution in [3.63, 3.8) is 0 Å². The summed E-state index contributed by atoms with van der Waals surface area (Å²) in [4.78, 5) is 22.0. The fourth-order valence-corrected chi connectivity index (χ4v) is 1.76. The summed E-state index contributed by atoms with van der Waals surface area (Å²) in [7, 11) is 0. The molecule has 1 rings (SSSR count). The smallest absolute Gasteiger partial charge is 0.303 e. The molecule has 1 aromatic rings. The molecule has 0 aliphatic heterocycles. The lowest BCUT2D eigenvalue weighted by molar-refractivity contribution is -0.137. The largest absolute Gasteiger partial charge is 0.508 e. The van der Waals surface area contributed by atoms with E-state index in [0.29, 0.717) is 13.0 Å². The van der Waals surface area contributed by atoms with Gasteiger partial charge in [0.2, 0.25) is 0 Å². The zero-order valence-electron chi connectivity index (χ0n) is 11.1. The molecule has 0 aliphatic carbocycles. The summed E-state index contributed by atoms with van der Waals surface area (Å²) in [5.74, 6) is -1.55. The lowest BCUT2D eigenvalue weighted by atomic mass is 10.1. The zero-order valence-corrected chi connectivity index (χ0v) is 11.1. The van der Waals surface area contributed by atoms with E-state index in [-0.39, 0.29) is 23.5 Å². The van der Waals surface area contributed by atoms with Gasteiger partial charge in [0, 0.05) is 19.0 Å². The number of nitrogens with one attached hydrogen (secondary N) is 1. The fraction of sp³-hybridized carbons (Fsp3) is 0.429. The van der Waals surface area contributed by atoms with Gasteiger partial charge in [0.05, 0.1) is 5.56 Å². The van der Waals surface area contributed by atoms with E-state index in [2.05, 4.69) is 5.32 Å². The topological polar surface area (TPSA) is 107 Å². The molecule has 0 unspecified atom stereocenters. The molecule has 0 saturated carbocycles. The van der Waals surface area contributed by atoms with Crippen molar-refractivity contribution < 1.29 is 24.9 Å². The van der Waals surface area contributed by atoms with Crippen molar-refractivity contribution in [3.05, 3.63) is 23.8 Å². The molecule has 4 N–H and O–H groups in total. The number of phenolic OH excluding ortho intramolecular Hbond substituents is 2. The number of rotatable bonds is 8. The van der Waals surface area contributed by atoms with Gasteiger partial charge in [-0.15, -0.1) is 0 Å². The number of amides is 1. The van der Waals surface area contributed by atoms with Crippen LogP contribution in [0.1, 0.15) is 42.5 Å². The van der Waals surface area contributed by atoms with Crippen LogP contribution in [0.5, 0.6) is 11.5 Å². The highest BCUT2D eigenvalue weighted by Crippen LogP contribution is 2.22. The third-order valence-electron chi connectivity index (χ3n) is 2.83. The van der Waals surface area contributed by atoms with E-state index in [1.54, 1.807) is 0 Å². The highest BCUT2D eigenvalue weighted by molar-refractivity contribution is 5.96. The van der Waals surface area contributed by atoms with E-state index in [9.17, 15) is 14.7 Å². The van der Waals surface area contributed by atoms with Crippen LogP contribution in [0.2, 0.25) is 0 Å². The van der Waals surface area contributed by atoms with Crippen LogP contribution < -0.4 is 5.32 Å². The number of carbonyl (C=O) groups excluding carboxylic acids is 1. The zero-order chi connectivity index (χ0) is 15.0. The first-order valence-electron chi connectivity index (χ1n) is 6.52. The van der Waals surface area contributed by atoms with Crippen LogP contribution in [0, 0.1) is 0 Å². The van der Waals surface area contributed by atoms with Gasteiger partial charge < -0.3 is 20.6 Å². The minimum Gasteiger partial charge on any atom is -0.508 e. The SMILES string of the molecule is O=C(O)CCCCCCNC(=O)c1ccc(O)cc1O. The Morgan fingerprint density at radius 2 is 1.75 bits per heavy atom. The molecule has 0 radical (unpaired) electrons. The van der Waals surface area contributed by atoms with Crippen molar-refractivity contribution in [1.29, 1.82) is 0 Å². The maximum atomic E-state index is 11.7. The van der Waals surface area contributed by atoms with Gasteiger partial charge in [-0.2, -0.15) is 0 Å². The predicted octanol–water partition coefficient (Wildman–Crippen LogP) is 1.86. The number of hydrogen-bond donors (Lipinski definition) is 4. The predicted molar refractivity (Wildman–Crippen MR) is 72.8 cm³/mol. The molecule has 6 nitrogen and oxygen atoms in total. The quantitative estimate of drug-likeness (QED) is 0.544. The number of hydrogen-bond acceptors (Lipinski definition) is 4. The highest BCUT2D eigenvalue weighted by Gasteiger charge is 2.10. The van der Waals surface area contributed by atoms with Crippen LogP contribution in [0.3, 0.4) is 0 Å². The van der Waals surface area contributed by atoms with Gasteiger partial charge in [0.1, 0.15) is 11.5 Å². The van der Waals surface area contributed by atoms with E-state index in [1.165, 1.54) is 12.1 Å². The Morgan fingerprint density at radius 3 is 2.40 bits per heavy atom. The molecule has 1 amide bonds. The first-order chi connectivity index (χ1) is 9.50. The number of carbonyl (C=O) groups is 2. The molecule has 0 spiro atoms. The average molecular weight is 281 g/mol. The Morgan fingerprint density at radius 1 is 1.05 bits per heavy atom. The third kappa shape index (κ3) is 5.60. The van der Waals surface area contributed by atoms with E-state index >= 15 is 0 Å². The molecule has 0 bridgehead atoms. The van der Waals surface area contributed by atoms with Gasteiger partial charge in [-0.25, -0.2) is 0 Å². The molecule has 0 fully saturated rings. The van der Waals surface area contributed by atoms with Crippen LogP contribution in [-0.2, 0) is 4.79 Å². The number of aromatic hydroxyl groups is 2. The van der Waals surface area contributed by atoms with Gasteiger partial charge in [0.25, 0.3) is 5.91 Å². The van der Waals surface area contributed by atoms with Crippen LogP contribution in [0.4, 0.5) is 0 Å². The summed E-state index contributed by atoms with van der Waals surface area (Å²) in [6.07, 6.45) is 3.22. The number of aliphatic carboxylic acids is 1. The van der Waals surface area contributed by atoms with Gasteiger partial charge in [0.15, 0.2) is 0 Å². The summed E-state index contributed by atoms with van der Waals surface area (Å²) >= 11 is 0. The van der Waals surface area contributed by atoms with Crippen molar-refractivity contribution in [2.75, 3.05) is 6.54 Å². The lowest BCUT2D eigenvalue weighted by Crippen LogP contribution is -2.24. The Kier molecular flexibility index (Phi) is 6.36. The molecular weight excluding hydrogens is 262 g/mol. The maximum Gasteiger partial charge on any atom is 0.303 e. The molecule has 0 atom stereocenters. The van der Waals surface area contributed by atoms with Crippen LogP contribution >= 0.6 is 0 Å². The molecule has 110 valence electrons. The fourth-order valence-electron chi connectivity index (χ4n) is 1.76. The van der Waals surface area contributed by atoms with Crippen LogP contribution in [0.25, 0.3) is 0 Å². The van der Waals surface area contributed by atoms with Gasteiger partial charge in [-0.1, -0.05) is 12.8 Å². The first-order valence-corrected chi connectivity index (χ1v) is 6.52. The normalized spacial score (nSPS) is 10.2. The number of carboxylic acid groups (broad SMARTS) is 1. The van der Waals surface area contributed by atoms with E-state index < -0.39 is 11.9 Å². The second-order valence-corrected chi connectivity index (χ2v) is 4.52. The number of carboxylic acids is 1. The van der Waals surface area contributed by atoms with Crippen molar-refractivity contribution in [2.24, 2.45) is 0 Å². The van der Waals surface area contributed by atoms with Crippen molar-refractivity contribution in [3.8, 4) is 11.5 Å². The number of benzene rings is 1. The summed E-state index contributed by atoms with van der Waals surface area (Å²) < 4.78 is 0. The molecule has 0 saturated heterocycles. The maximum absolute atomic E-state index is 11.7. The van der Waals surface area contributed by atoms with Gasteiger partial charge in [-0.3, -0.25) is 9.59 Å². The van der Waals surface area contributed by atoms with Gasteiger partial charge in [-0.05, 0) is 25.0 Å². The Labute approximate surface area is 117 Å². The third-order valence-corrected chi connectivity index (χ3v) is 2.83. The second kappa shape index (κ2) is 8.04. The van der Waals surface area contributed by atoms with Crippen molar-refractivity contribution in [1.82, 2.24) is 5.32 Å². The Hall–Kier alpha value is -2.24. The second-order valence-electron chi connectivity index (χ2n) is 4.52. The molecule has 0 heterocycles. The monoisotopic (exact) mass is 281 g/mol. The summed E-state index contributed by atoms with van der Waals surface area (Å²) in [5, 5.41) is 29.8. The van der Waals surface area contributed by atoms with E-state index in [4.69, 9.17) is 10.2 Å². The molecule has 20 heavy (non-hydrogen) atoms. The highest BCUT2D eigenvalue weighted by atomic mass is 16.4. The molecule has 0 aliphatic rings. The summed E-state index contributed by atoms with van der Waals surface area (Å²) in [6.45, 7) is 0.465. The van der Waals surface area contributed by atoms with Crippen molar-refractivity contribution >= 4 is 11.9 Å². The van der Waals surface area contributed by atoms with Crippen LogP contribution in [0.15, 0.2) is 18.2 Å². The lowest BCUT2D eigenvalue weighted by Gasteiger charge is -2.07. The summed E-state index contributed by atoms with van der Waals surface area (Å²) in [6, 6.07) is 3.80. The van der Waals surface area contributed by atoms with Crippen LogP contribution in [-0.4, -0.2) is 33.7 Å². The van der Waals surface area contributed by atoms with E-state index in [1.807, 2.05) is 0 Å². The van der Waals surface area contributed by atoms with Crippen molar-refractivity contribution in [2.45, 2.75) is 32.1 Å². The standard InChI is InChI=1S/C14H19NO5/c16-10-6-7-11(12(17)9-10)14(20)15-8-4-2-1-3-5-13(18)19/h6-7,9,16-17H,1-5,8H2,(H,15,20)(H,18,19).